The molecule has 2 saturated carbocycles. The van der Waals surface area contributed by atoms with E-state index in [0.717, 1.165) is 62.8 Å². The van der Waals surface area contributed by atoms with Crippen molar-refractivity contribution in [3.05, 3.63) is 80.7 Å². The minimum absolute atomic E-state index is 0.0928. The summed E-state index contributed by atoms with van der Waals surface area (Å²) in [6.45, 7) is 15.0. The third-order valence-corrected chi connectivity index (χ3v) is 11.4. The van der Waals surface area contributed by atoms with Gasteiger partial charge in [-0.15, -0.1) is 16.3 Å². The molecule has 1 atom stereocenters. The van der Waals surface area contributed by atoms with Gasteiger partial charge in [-0.25, -0.2) is 11.8 Å². The van der Waals surface area contributed by atoms with E-state index in [2.05, 4.69) is 57.2 Å². The molecule has 1 aromatic heterocycles. The maximum absolute atomic E-state index is 9.70. The Kier molecular flexibility index (Phi) is 6.20. The van der Waals surface area contributed by atoms with E-state index in [4.69, 9.17) is 13.1 Å². The summed E-state index contributed by atoms with van der Waals surface area (Å²) >= 11 is 1.80. The molecule has 0 N–H and O–H groups in total. The molecule has 0 saturated heterocycles. The Bertz CT molecular complexity index is 1890. The molecule has 1 heterocycles. The second-order valence-corrected chi connectivity index (χ2v) is 13.3. The predicted octanol–water partition coefficient (Wildman–Crippen LogP) is 8.71. The van der Waals surface area contributed by atoms with Crippen molar-refractivity contribution in [1.29, 1.82) is 10.5 Å². The molecule has 2 fully saturated rings. The van der Waals surface area contributed by atoms with Crippen LogP contribution in [0.2, 0.25) is 0 Å². The number of fused-ring (bicyclic) bond motifs is 7. The summed E-state index contributed by atoms with van der Waals surface area (Å²) in [6, 6.07) is 13.6. The van der Waals surface area contributed by atoms with E-state index in [1.54, 1.807) is 11.3 Å². The van der Waals surface area contributed by atoms with Gasteiger partial charge >= 0.3 is 12.0 Å². The summed E-state index contributed by atoms with van der Waals surface area (Å²) in [5.41, 5.74) is 6.59. The quantitative estimate of drug-likeness (QED) is 0.181. The van der Waals surface area contributed by atoms with Gasteiger partial charge in [-0.05, 0) is 84.4 Å². The number of benzene rings is 2. The molecule has 4 aliphatic carbocycles. The Morgan fingerprint density at radius 1 is 0.881 bits per heavy atom. The summed E-state index contributed by atoms with van der Waals surface area (Å²) in [5.74, 6) is -0.0928. The highest BCUT2D eigenvalue weighted by Crippen LogP contribution is 2.56. The van der Waals surface area contributed by atoms with Crippen LogP contribution in [0.3, 0.4) is 0 Å². The van der Waals surface area contributed by atoms with E-state index >= 15 is 0 Å². The molecule has 0 bridgehead atoms. The minimum atomic E-state index is -0.825. The molecule has 0 amide bonds. The highest BCUT2D eigenvalue weighted by molar-refractivity contribution is 7.25. The van der Waals surface area contributed by atoms with Crippen LogP contribution < -0.4 is 0 Å². The Balaban J connectivity index is 1.41. The smallest absolute Gasteiger partial charge is 0.351 e. The van der Waals surface area contributed by atoms with Crippen molar-refractivity contribution in [1.82, 2.24) is 4.90 Å². The molecule has 2 spiro atoms. The molecular formula is C35H30N6S. The Morgan fingerprint density at radius 3 is 2.00 bits per heavy atom. The number of thiophene rings is 1. The van der Waals surface area contributed by atoms with Crippen LogP contribution in [-0.2, 0) is 10.8 Å². The molecule has 7 heteroatoms. The number of hydrogen-bond donors (Lipinski definition) is 0. The van der Waals surface area contributed by atoms with Gasteiger partial charge in [0.25, 0.3) is 0 Å². The van der Waals surface area contributed by atoms with Crippen LogP contribution in [0.4, 0.5) is 0 Å². The van der Waals surface area contributed by atoms with Crippen molar-refractivity contribution < 1.29 is 0 Å². The van der Waals surface area contributed by atoms with Crippen molar-refractivity contribution in [3.63, 3.8) is 0 Å². The number of rotatable bonds is 3. The van der Waals surface area contributed by atoms with Crippen LogP contribution >= 0.6 is 11.3 Å². The van der Waals surface area contributed by atoms with Gasteiger partial charge in [0.2, 0.25) is 0 Å². The van der Waals surface area contributed by atoms with E-state index in [9.17, 15) is 10.5 Å². The molecule has 0 radical (unpaired) electrons. The zero-order chi connectivity index (χ0) is 29.1. The molecule has 2 aromatic carbocycles. The largest absolute Gasteiger partial charge is 0.385 e. The lowest BCUT2D eigenvalue weighted by Gasteiger charge is -2.40. The number of aliphatic imine (C=N–C) groups is 1. The molecule has 7 rings (SSSR count). The first kappa shape index (κ1) is 26.5. The second-order valence-electron chi connectivity index (χ2n) is 12.2. The summed E-state index contributed by atoms with van der Waals surface area (Å²) in [6.07, 6.45) is 14.5. The Morgan fingerprint density at radius 2 is 1.45 bits per heavy atom. The van der Waals surface area contributed by atoms with Crippen LogP contribution in [0.5, 0.6) is 0 Å². The number of likely N-dealkylation sites (N-methyl/N-ethyl adjacent to an activating group) is 1. The Hall–Kier alpha value is -4.43. The predicted molar refractivity (Wildman–Crippen MR) is 168 cm³/mol. The van der Waals surface area contributed by atoms with E-state index in [1.165, 1.54) is 55.3 Å². The number of allylic oxidation sites excluding steroid dienone is 2. The fourth-order valence-electron chi connectivity index (χ4n) is 8.28. The zero-order valence-electron chi connectivity index (χ0n) is 23.7. The summed E-state index contributed by atoms with van der Waals surface area (Å²) in [4.78, 5) is 13.5. The van der Waals surface area contributed by atoms with Gasteiger partial charge in [0, 0.05) is 38.3 Å². The van der Waals surface area contributed by atoms with Gasteiger partial charge in [-0.3, -0.25) is 9.74 Å². The first-order valence-electron chi connectivity index (χ1n) is 14.8. The molecule has 42 heavy (non-hydrogen) atoms. The van der Waals surface area contributed by atoms with Gasteiger partial charge in [0.15, 0.2) is 6.07 Å². The lowest BCUT2D eigenvalue weighted by Crippen LogP contribution is -2.39. The molecule has 4 aliphatic rings. The third kappa shape index (κ3) is 3.67. The van der Waals surface area contributed by atoms with Gasteiger partial charge in [-0.2, -0.15) is 5.26 Å². The van der Waals surface area contributed by atoms with Gasteiger partial charge < -0.3 is 4.85 Å². The highest BCUT2D eigenvalue weighted by atomic mass is 32.1. The van der Waals surface area contributed by atoms with Crippen molar-refractivity contribution in [2.75, 3.05) is 7.05 Å². The molecule has 3 aromatic rings. The van der Waals surface area contributed by atoms with Crippen molar-refractivity contribution >= 4 is 49.5 Å². The molecule has 206 valence electrons. The number of nitriles is 2. The average molecular weight is 567 g/mol. The number of hydrogen-bond acceptors (Lipinski definition) is 5. The van der Waals surface area contributed by atoms with Crippen LogP contribution in [0.15, 0.2) is 40.7 Å². The topological polar surface area (TPSA) is 71.9 Å². The van der Waals surface area contributed by atoms with E-state index in [-0.39, 0.29) is 16.7 Å². The molecule has 0 aliphatic heterocycles. The summed E-state index contributed by atoms with van der Waals surface area (Å²) in [5, 5.41) is 21.7. The molecule has 1 unspecified atom stereocenters. The van der Waals surface area contributed by atoms with E-state index < -0.39 is 6.17 Å². The Labute approximate surface area is 250 Å². The van der Waals surface area contributed by atoms with Crippen molar-refractivity contribution in [2.45, 2.75) is 81.2 Å². The third-order valence-electron chi connectivity index (χ3n) is 10.2. The van der Waals surface area contributed by atoms with E-state index in [1.807, 2.05) is 18.0 Å². The highest BCUT2D eigenvalue weighted by Gasteiger charge is 2.47. The van der Waals surface area contributed by atoms with Gasteiger partial charge in [0.05, 0.1) is 5.41 Å². The standard InChI is InChI=1S/C35H30N6S/c1-38-32(20-36)40-30-16-22-14-28-24(18-26(22)34(30)10-6-4-7-11-34)25-19-27-23(15-29(25)42-28)17-31(41(3)33(21-37)39-2)35(27)12-8-5-9-13-35/h14-19,33H,4-13H2,3H3. The van der Waals surface area contributed by atoms with Gasteiger partial charge in [-0.1, -0.05) is 45.1 Å². The molecule has 6 nitrogen and oxygen atoms in total. The average Bonchev–Trinajstić information content (AvgIpc) is 3.62. The van der Waals surface area contributed by atoms with Crippen LogP contribution in [0.25, 0.3) is 42.0 Å². The van der Waals surface area contributed by atoms with Crippen LogP contribution in [-0.4, -0.2) is 23.9 Å². The first-order valence-corrected chi connectivity index (χ1v) is 15.6. The van der Waals surface area contributed by atoms with E-state index in [0.29, 0.717) is 0 Å². The normalized spacial score (nSPS) is 20.6. The van der Waals surface area contributed by atoms with Crippen molar-refractivity contribution in [3.8, 4) is 12.1 Å². The fraction of sp³-hybridized carbons (Fsp3) is 0.400. The van der Waals surface area contributed by atoms with Crippen molar-refractivity contribution in [2.24, 2.45) is 4.99 Å². The number of nitrogens with zero attached hydrogens (tertiary/aromatic N) is 6. The monoisotopic (exact) mass is 566 g/mol. The van der Waals surface area contributed by atoms with Crippen LogP contribution in [0, 0.1) is 35.8 Å². The second kappa shape index (κ2) is 9.84. The lowest BCUT2D eigenvalue weighted by atomic mass is 9.68. The number of amidine groups is 1. The zero-order valence-corrected chi connectivity index (χ0v) is 24.5. The summed E-state index contributed by atoms with van der Waals surface area (Å²) in [7, 11) is 1.91. The molecular weight excluding hydrogens is 536 g/mol. The lowest BCUT2D eigenvalue weighted by molar-refractivity contribution is 0.262. The first-order chi connectivity index (χ1) is 20.5. The maximum atomic E-state index is 9.70. The maximum Gasteiger partial charge on any atom is 0.385 e. The van der Waals surface area contributed by atoms with Crippen LogP contribution in [0.1, 0.15) is 86.5 Å². The SMILES string of the molecule is [C-]#[N+]C(C#N)=NC1=Cc2cc3sc4cc5c(cc4c3cc2C12CCCCC2)C1(CCCCC1)C(N(C)C(C#N)[N+]#[C-])=C5. The minimum Gasteiger partial charge on any atom is -0.351 e. The summed E-state index contributed by atoms with van der Waals surface area (Å²) < 4.78 is 2.49. The van der Waals surface area contributed by atoms with Gasteiger partial charge in [0.1, 0.15) is 11.8 Å². The fourth-order valence-corrected chi connectivity index (χ4v) is 9.44.